The monoisotopic (exact) mass is 144 g/mol. The van der Waals surface area contributed by atoms with Gasteiger partial charge in [-0.05, 0) is 13.3 Å². The van der Waals surface area contributed by atoms with Crippen molar-refractivity contribution in [3.63, 3.8) is 0 Å². The van der Waals surface area contributed by atoms with Gasteiger partial charge < -0.3 is 9.47 Å². The summed E-state index contributed by atoms with van der Waals surface area (Å²) in [5, 5.41) is 0. The highest BCUT2D eigenvalue weighted by atomic mass is 16.7. The predicted molar refractivity (Wildman–Crippen MR) is 39.7 cm³/mol. The van der Waals surface area contributed by atoms with Crippen LogP contribution in [0.3, 0.4) is 0 Å². The summed E-state index contributed by atoms with van der Waals surface area (Å²) in [6.07, 6.45) is 1.47. The summed E-state index contributed by atoms with van der Waals surface area (Å²) >= 11 is 0. The Hall–Kier alpha value is -0.0800. The second kappa shape index (κ2) is 3.35. The van der Waals surface area contributed by atoms with Gasteiger partial charge in [0.05, 0.1) is 12.7 Å². The lowest BCUT2D eigenvalue weighted by Gasteiger charge is -2.15. The quantitative estimate of drug-likeness (QED) is 0.588. The fraction of sp³-hybridized carbons (Fsp3) is 1.00. The van der Waals surface area contributed by atoms with E-state index in [9.17, 15) is 0 Å². The van der Waals surface area contributed by atoms with Crippen LogP contribution in [0.2, 0.25) is 0 Å². The molecule has 1 heterocycles. The van der Waals surface area contributed by atoms with Gasteiger partial charge in [-0.3, -0.25) is 0 Å². The average molecular weight is 144 g/mol. The van der Waals surface area contributed by atoms with Crippen LogP contribution in [0.5, 0.6) is 0 Å². The highest BCUT2D eigenvalue weighted by molar-refractivity contribution is 4.64. The fourth-order valence-electron chi connectivity index (χ4n) is 1.03. The molecule has 0 radical (unpaired) electrons. The fourth-order valence-corrected chi connectivity index (χ4v) is 1.03. The molecular formula is C8H16O2. The number of ether oxygens (including phenoxy) is 2. The predicted octanol–water partition coefficient (Wildman–Crippen LogP) is 1.79. The molecule has 1 fully saturated rings. The van der Waals surface area contributed by atoms with Crippen molar-refractivity contribution >= 4 is 0 Å². The third-order valence-corrected chi connectivity index (χ3v) is 1.97. The van der Waals surface area contributed by atoms with E-state index in [4.69, 9.17) is 9.47 Å². The van der Waals surface area contributed by atoms with E-state index in [0.29, 0.717) is 12.0 Å². The minimum Gasteiger partial charge on any atom is -0.350 e. The van der Waals surface area contributed by atoms with E-state index in [2.05, 4.69) is 13.8 Å². The molecule has 3 atom stereocenters. The number of rotatable bonds is 2. The second-order valence-electron chi connectivity index (χ2n) is 3.03. The van der Waals surface area contributed by atoms with E-state index in [1.807, 2.05) is 6.92 Å². The molecular weight excluding hydrogens is 128 g/mol. The zero-order chi connectivity index (χ0) is 7.56. The summed E-state index contributed by atoms with van der Waals surface area (Å²) < 4.78 is 10.9. The van der Waals surface area contributed by atoms with Gasteiger partial charge >= 0.3 is 0 Å². The Kier molecular flexibility index (Phi) is 2.69. The van der Waals surface area contributed by atoms with E-state index >= 15 is 0 Å². The lowest BCUT2D eigenvalue weighted by Crippen LogP contribution is -2.18. The molecule has 60 valence electrons. The molecule has 0 aromatic heterocycles. The Morgan fingerprint density at radius 3 is 2.70 bits per heavy atom. The van der Waals surface area contributed by atoms with Gasteiger partial charge in [-0.15, -0.1) is 0 Å². The number of hydrogen-bond donors (Lipinski definition) is 0. The van der Waals surface area contributed by atoms with E-state index < -0.39 is 0 Å². The first-order valence-electron chi connectivity index (χ1n) is 4.01. The molecule has 1 aliphatic rings. The minimum atomic E-state index is 0.0556. The lowest BCUT2D eigenvalue weighted by atomic mass is 10.1. The van der Waals surface area contributed by atoms with Crippen LogP contribution in [0.15, 0.2) is 0 Å². The third kappa shape index (κ3) is 1.70. The van der Waals surface area contributed by atoms with Crippen LogP contribution in [-0.2, 0) is 9.47 Å². The summed E-state index contributed by atoms with van der Waals surface area (Å²) in [6.45, 7) is 7.11. The molecule has 1 rings (SSSR count). The van der Waals surface area contributed by atoms with Crippen molar-refractivity contribution in [2.45, 2.75) is 39.6 Å². The Labute approximate surface area is 62.5 Å². The van der Waals surface area contributed by atoms with Crippen molar-refractivity contribution in [3.8, 4) is 0 Å². The van der Waals surface area contributed by atoms with E-state index in [1.165, 1.54) is 0 Å². The first-order chi connectivity index (χ1) is 4.74. The molecule has 2 heteroatoms. The Balaban J connectivity index is 2.29. The Bertz CT molecular complexity index is 103. The van der Waals surface area contributed by atoms with Crippen LogP contribution >= 0.6 is 0 Å². The van der Waals surface area contributed by atoms with Gasteiger partial charge in [-0.25, -0.2) is 0 Å². The van der Waals surface area contributed by atoms with Gasteiger partial charge in [0.2, 0.25) is 0 Å². The van der Waals surface area contributed by atoms with Gasteiger partial charge in [-0.1, -0.05) is 13.8 Å². The molecule has 0 aromatic carbocycles. The Morgan fingerprint density at radius 1 is 1.60 bits per heavy atom. The molecule has 0 saturated carbocycles. The largest absolute Gasteiger partial charge is 0.350 e. The maximum absolute atomic E-state index is 5.49. The summed E-state index contributed by atoms with van der Waals surface area (Å²) in [6, 6.07) is 0. The molecule has 1 saturated heterocycles. The maximum Gasteiger partial charge on any atom is 0.160 e. The highest BCUT2D eigenvalue weighted by Gasteiger charge is 2.26. The highest BCUT2D eigenvalue weighted by Crippen LogP contribution is 2.20. The van der Waals surface area contributed by atoms with Crippen molar-refractivity contribution in [3.05, 3.63) is 0 Å². The van der Waals surface area contributed by atoms with Crippen molar-refractivity contribution < 1.29 is 9.47 Å². The van der Waals surface area contributed by atoms with Gasteiger partial charge in [0.1, 0.15) is 0 Å². The van der Waals surface area contributed by atoms with Gasteiger partial charge in [0.15, 0.2) is 6.29 Å². The smallest absolute Gasteiger partial charge is 0.160 e. The average Bonchev–Trinajstić information content (AvgIpc) is 2.34. The first kappa shape index (κ1) is 8.02. The van der Waals surface area contributed by atoms with Gasteiger partial charge in [0, 0.05) is 5.92 Å². The molecule has 10 heavy (non-hydrogen) atoms. The normalized spacial score (nSPS) is 36.3. The van der Waals surface area contributed by atoms with Crippen molar-refractivity contribution in [1.29, 1.82) is 0 Å². The standard InChI is InChI=1S/C8H16O2/c1-4-6(2)8-9-5-7(3)10-8/h6-8H,4-5H2,1-3H3/t6?,7-,8+/m0/s1. The van der Waals surface area contributed by atoms with Crippen LogP contribution in [0, 0.1) is 5.92 Å². The number of hydrogen-bond acceptors (Lipinski definition) is 2. The van der Waals surface area contributed by atoms with Crippen molar-refractivity contribution in [2.24, 2.45) is 5.92 Å². The minimum absolute atomic E-state index is 0.0556. The second-order valence-corrected chi connectivity index (χ2v) is 3.03. The molecule has 0 N–H and O–H groups in total. The molecule has 0 amide bonds. The third-order valence-electron chi connectivity index (χ3n) is 1.97. The molecule has 1 unspecified atom stereocenters. The van der Waals surface area contributed by atoms with Crippen LogP contribution in [0.4, 0.5) is 0 Å². The zero-order valence-corrected chi connectivity index (χ0v) is 6.96. The zero-order valence-electron chi connectivity index (χ0n) is 6.96. The van der Waals surface area contributed by atoms with Crippen molar-refractivity contribution in [1.82, 2.24) is 0 Å². The van der Waals surface area contributed by atoms with Crippen LogP contribution < -0.4 is 0 Å². The molecule has 0 aliphatic carbocycles. The van der Waals surface area contributed by atoms with Crippen LogP contribution in [0.1, 0.15) is 27.2 Å². The van der Waals surface area contributed by atoms with E-state index in [-0.39, 0.29) is 6.29 Å². The molecule has 0 spiro atoms. The summed E-state index contributed by atoms with van der Waals surface area (Å²) in [5.41, 5.74) is 0. The summed E-state index contributed by atoms with van der Waals surface area (Å²) in [4.78, 5) is 0. The first-order valence-corrected chi connectivity index (χ1v) is 4.01. The maximum atomic E-state index is 5.49. The molecule has 0 aromatic rings. The Morgan fingerprint density at radius 2 is 2.30 bits per heavy atom. The summed E-state index contributed by atoms with van der Waals surface area (Å²) in [5.74, 6) is 0.532. The van der Waals surface area contributed by atoms with E-state index in [1.54, 1.807) is 0 Å². The summed E-state index contributed by atoms with van der Waals surface area (Å²) in [7, 11) is 0. The van der Waals surface area contributed by atoms with Crippen LogP contribution in [-0.4, -0.2) is 19.0 Å². The molecule has 1 aliphatic heterocycles. The van der Waals surface area contributed by atoms with Gasteiger partial charge in [0.25, 0.3) is 0 Å². The van der Waals surface area contributed by atoms with Crippen molar-refractivity contribution in [2.75, 3.05) is 6.61 Å². The lowest BCUT2D eigenvalue weighted by molar-refractivity contribution is -0.0900. The molecule has 2 nitrogen and oxygen atoms in total. The topological polar surface area (TPSA) is 18.5 Å². The van der Waals surface area contributed by atoms with Crippen LogP contribution in [0.25, 0.3) is 0 Å². The SMILES string of the molecule is CCC(C)[C@@H]1OC[C@H](C)O1. The molecule has 0 bridgehead atoms. The van der Waals surface area contributed by atoms with Gasteiger partial charge in [-0.2, -0.15) is 0 Å². The van der Waals surface area contributed by atoms with E-state index in [0.717, 1.165) is 13.0 Å².